The van der Waals surface area contributed by atoms with Crippen LogP contribution in [0.1, 0.15) is 38.3 Å². The summed E-state index contributed by atoms with van der Waals surface area (Å²) < 4.78 is 26.0. The van der Waals surface area contributed by atoms with E-state index >= 15 is 0 Å². The maximum atomic E-state index is 11.8. The SMILES string of the molecule is CCCS(=O)(=O)Nc1ccc(Nc2c(CC)cccc2CC)cn1. The van der Waals surface area contributed by atoms with Crippen molar-refractivity contribution in [2.75, 3.05) is 15.8 Å². The van der Waals surface area contributed by atoms with Gasteiger partial charge in [0.2, 0.25) is 10.0 Å². The first-order valence-electron chi connectivity index (χ1n) is 8.33. The largest absolute Gasteiger partial charge is 0.354 e. The van der Waals surface area contributed by atoms with Crippen LogP contribution in [0.5, 0.6) is 0 Å². The molecule has 2 aromatic rings. The highest BCUT2D eigenvalue weighted by Crippen LogP contribution is 2.26. The van der Waals surface area contributed by atoms with E-state index in [0.717, 1.165) is 24.2 Å². The number of hydrogen-bond acceptors (Lipinski definition) is 4. The molecule has 2 rings (SSSR count). The molecule has 0 saturated heterocycles. The van der Waals surface area contributed by atoms with Gasteiger partial charge in [0.25, 0.3) is 0 Å². The standard InChI is InChI=1S/C18H25N3O2S/c1-4-12-24(22,23)21-17-11-10-16(13-19-17)20-18-14(5-2)8-7-9-15(18)6-3/h7-11,13,20H,4-6,12H2,1-3H3,(H,19,21). The summed E-state index contributed by atoms with van der Waals surface area (Å²) in [6.45, 7) is 6.09. The maximum absolute atomic E-state index is 11.8. The van der Waals surface area contributed by atoms with Crippen molar-refractivity contribution in [1.29, 1.82) is 0 Å². The Hall–Kier alpha value is -2.08. The molecule has 0 atom stereocenters. The molecule has 0 aliphatic rings. The fourth-order valence-electron chi connectivity index (χ4n) is 2.55. The lowest BCUT2D eigenvalue weighted by molar-refractivity contribution is 0.599. The third kappa shape index (κ3) is 4.71. The minimum absolute atomic E-state index is 0.0957. The lowest BCUT2D eigenvalue weighted by Gasteiger charge is -2.15. The molecule has 0 aliphatic heterocycles. The van der Waals surface area contributed by atoms with Crippen LogP contribution in [0, 0.1) is 0 Å². The number of nitrogens with zero attached hydrogens (tertiary/aromatic N) is 1. The van der Waals surface area contributed by atoms with E-state index in [1.165, 1.54) is 11.1 Å². The third-order valence-electron chi connectivity index (χ3n) is 3.76. The normalized spacial score (nSPS) is 11.3. The van der Waals surface area contributed by atoms with Gasteiger partial charge >= 0.3 is 0 Å². The van der Waals surface area contributed by atoms with Crippen LogP contribution in [0.25, 0.3) is 0 Å². The molecule has 2 N–H and O–H groups in total. The van der Waals surface area contributed by atoms with Gasteiger partial charge in [-0.05, 0) is 42.5 Å². The molecule has 0 radical (unpaired) electrons. The van der Waals surface area contributed by atoms with Gasteiger partial charge < -0.3 is 5.32 Å². The van der Waals surface area contributed by atoms with Gasteiger partial charge in [0.1, 0.15) is 5.82 Å². The first-order valence-corrected chi connectivity index (χ1v) is 9.98. The molecule has 6 heteroatoms. The lowest BCUT2D eigenvalue weighted by Crippen LogP contribution is -2.16. The Morgan fingerprint density at radius 2 is 1.67 bits per heavy atom. The molecule has 24 heavy (non-hydrogen) atoms. The zero-order valence-electron chi connectivity index (χ0n) is 14.5. The average Bonchev–Trinajstić information content (AvgIpc) is 2.56. The smallest absolute Gasteiger partial charge is 0.233 e. The van der Waals surface area contributed by atoms with Crippen molar-refractivity contribution in [3.05, 3.63) is 47.7 Å². The average molecular weight is 347 g/mol. The van der Waals surface area contributed by atoms with E-state index in [1.54, 1.807) is 12.3 Å². The van der Waals surface area contributed by atoms with E-state index in [1.807, 2.05) is 13.0 Å². The Morgan fingerprint density at radius 3 is 2.17 bits per heavy atom. The quantitative estimate of drug-likeness (QED) is 0.754. The van der Waals surface area contributed by atoms with Crippen molar-refractivity contribution in [2.45, 2.75) is 40.0 Å². The summed E-state index contributed by atoms with van der Waals surface area (Å²) in [5.74, 6) is 0.437. The number of pyridine rings is 1. The van der Waals surface area contributed by atoms with Crippen molar-refractivity contribution in [2.24, 2.45) is 0 Å². The van der Waals surface area contributed by atoms with E-state index in [4.69, 9.17) is 0 Å². The van der Waals surface area contributed by atoms with Crippen LogP contribution < -0.4 is 10.0 Å². The van der Waals surface area contributed by atoms with Crippen molar-refractivity contribution in [3.63, 3.8) is 0 Å². The topological polar surface area (TPSA) is 71.1 Å². The molecule has 1 aromatic heterocycles. The second kappa shape index (κ2) is 8.15. The van der Waals surface area contributed by atoms with E-state index in [9.17, 15) is 8.42 Å². The molecule has 0 spiro atoms. The monoisotopic (exact) mass is 347 g/mol. The summed E-state index contributed by atoms with van der Waals surface area (Å²) in [5.41, 5.74) is 4.46. The first-order chi connectivity index (χ1) is 11.5. The molecule has 0 fully saturated rings. The van der Waals surface area contributed by atoms with Crippen molar-refractivity contribution < 1.29 is 8.42 Å². The minimum Gasteiger partial charge on any atom is -0.354 e. The fraction of sp³-hybridized carbons (Fsp3) is 0.389. The molecule has 1 heterocycles. The molecule has 1 aromatic carbocycles. The van der Waals surface area contributed by atoms with Crippen molar-refractivity contribution in [3.8, 4) is 0 Å². The summed E-state index contributed by atoms with van der Waals surface area (Å²) in [7, 11) is -3.31. The van der Waals surface area contributed by atoms with E-state index in [-0.39, 0.29) is 5.75 Å². The second-order valence-corrected chi connectivity index (χ2v) is 7.48. The summed E-state index contributed by atoms with van der Waals surface area (Å²) in [6, 6.07) is 9.81. The Labute approximate surface area is 144 Å². The molecule has 0 unspecified atom stereocenters. The van der Waals surface area contributed by atoms with Gasteiger partial charge in [0.05, 0.1) is 17.6 Å². The number of anilines is 3. The summed E-state index contributed by atoms with van der Waals surface area (Å²) in [4.78, 5) is 4.20. The number of aryl methyl sites for hydroxylation is 2. The fourth-order valence-corrected chi connectivity index (χ4v) is 3.63. The Morgan fingerprint density at radius 1 is 1.00 bits per heavy atom. The minimum atomic E-state index is -3.31. The summed E-state index contributed by atoms with van der Waals surface area (Å²) >= 11 is 0. The van der Waals surface area contributed by atoms with Crippen LogP contribution in [0.3, 0.4) is 0 Å². The van der Waals surface area contributed by atoms with Crippen LogP contribution in [0.4, 0.5) is 17.2 Å². The first kappa shape index (κ1) is 18.3. The zero-order valence-corrected chi connectivity index (χ0v) is 15.3. The number of hydrogen-bond donors (Lipinski definition) is 2. The molecule has 0 bridgehead atoms. The summed E-state index contributed by atoms with van der Waals surface area (Å²) in [5, 5.41) is 3.42. The molecule has 5 nitrogen and oxygen atoms in total. The number of benzene rings is 1. The maximum Gasteiger partial charge on any atom is 0.233 e. The van der Waals surface area contributed by atoms with Crippen LogP contribution in [0.15, 0.2) is 36.5 Å². The number of para-hydroxylation sites is 1. The Kier molecular flexibility index (Phi) is 6.20. The molecule has 0 amide bonds. The highest BCUT2D eigenvalue weighted by molar-refractivity contribution is 7.92. The second-order valence-electron chi connectivity index (χ2n) is 5.64. The van der Waals surface area contributed by atoms with Crippen molar-refractivity contribution in [1.82, 2.24) is 4.98 Å². The van der Waals surface area contributed by atoms with Gasteiger partial charge in [-0.1, -0.05) is 39.0 Å². The highest BCUT2D eigenvalue weighted by Gasteiger charge is 2.10. The van der Waals surface area contributed by atoms with Gasteiger partial charge in [-0.3, -0.25) is 4.72 Å². The van der Waals surface area contributed by atoms with Gasteiger partial charge in [0.15, 0.2) is 0 Å². The van der Waals surface area contributed by atoms with Gasteiger partial charge in [-0.2, -0.15) is 0 Å². The van der Waals surface area contributed by atoms with Crippen molar-refractivity contribution >= 4 is 27.2 Å². The van der Waals surface area contributed by atoms with Crippen LogP contribution in [-0.2, 0) is 22.9 Å². The Bertz CT molecular complexity index is 749. The van der Waals surface area contributed by atoms with Gasteiger partial charge in [0, 0.05) is 5.69 Å². The molecule has 130 valence electrons. The predicted octanol–water partition coefficient (Wildman–Crippen LogP) is 4.10. The zero-order chi connectivity index (χ0) is 17.6. The lowest BCUT2D eigenvalue weighted by atomic mass is 10.0. The summed E-state index contributed by atoms with van der Waals surface area (Å²) in [6.07, 6.45) is 4.11. The molecule has 0 aliphatic carbocycles. The van der Waals surface area contributed by atoms with Gasteiger partial charge in [-0.15, -0.1) is 0 Å². The van der Waals surface area contributed by atoms with Crippen LogP contribution in [-0.4, -0.2) is 19.2 Å². The van der Waals surface area contributed by atoms with E-state index in [2.05, 4.69) is 47.1 Å². The van der Waals surface area contributed by atoms with Crippen LogP contribution >= 0.6 is 0 Å². The highest BCUT2D eigenvalue weighted by atomic mass is 32.2. The Balaban J connectivity index is 2.18. The predicted molar refractivity (Wildman–Crippen MR) is 100 cm³/mol. The van der Waals surface area contributed by atoms with E-state index in [0.29, 0.717) is 12.2 Å². The van der Waals surface area contributed by atoms with E-state index < -0.39 is 10.0 Å². The number of sulfonamides is 1. The molecule has 0 saturated carbocycles. The molecular formula is C18H25N3O2S. The number of aromatic nitrogens is 1. The van der Waals surface area contributed by atoms with Gasteiger partial charge in [-0.25, -0.2) is 13.4 Å². The number of rotatable bonds is 8. The van der Waals surface area contributed by atoms with Crippen LogP contribution in [0.2, 0.25) is 0 Å². The number of nitrogens with one attached hydrogen (secondary N) is 2. The third-order valence-corrected chi connectivity index (χ3v) is 5.23. The molecular weight excluding hydrogens is 322 g/mol.